The van der Waals surface area contributed by atoms with Gasteiger partial charge in [-0.05, 0) is 13.0 Å². The molecule has 0 aliphatic rings. The van der Waals surface area contributed by atoms with Gasteiger partial charge in [0.05, 0.1) is 12.4 Å². The molecule has 0 fully saturated rings. The molecule has 0 aliphatic heterocycles. The van der Waals surface area contributed by atoms with Crippen molar-refractivity contribution < 1.29 is 0 Å². The summed E-state index contributed by atoms with van der Waals surface area (Å²) in [5.41, 5.74) is 5.33. The van der Waals surface area contributed by atoms with Crippen molar-refractivity contribution in [3.8, 4) is 0 Å². The molecule has 0 saturated carbocycles. The number of rotatable bonds is 7. The Bertz CT molecular complexity index is 357. The van der Waals surface area contributed by atoms with Gasteiger partial charge in [0, 0.05) is 19.5 Å². The molecule has 6 heteroatoms. The van der Waals surface area contributed by atoms with Crippen LogP contribution in [0.2, 0.25) is 0 Å². The van der Waals surface area contributed by atoms with Gasteiger partial charge in [0.15, 0.2) is 0 Å². The van der Waals surface area contributed by atoms with Crippen LogP contribution in [0.15, 0.2) is 6.33 Å². The second-order valence-corrected chi connectivity index (χ2v) is 4.77. The van der Waals surface area contributed by atoms with Crippen molar-refractivity contribution in [1.82, 2.24) is 19.7 Å². The fourth-order valence-corrected chi connectivity index (χ4v) is 1.54. The monoisotopic (exact) mass is 238 g/mol. The van der Waals surface area contributed by atoms with E-state index in [9.17, 15) is 0 Å². The molecule has 17 heavy (non-hydrogen) atoms. The Hall–Kier alpha value is -1.43. The van der Waals surface area contributed by atoms with Crippen molar-refractivity contribution in [2.45, 2.75) is 33.4 Å². The third-order valence-electron chi connectivity index (χ3n) is 2.41. The Morgan fingerprint density at radius 2 is 2.29 bits per heavy atom. The Kier molecular flexibility index (Phi) is 5.09. The summed E-state index contributed by atoms with van der Waals surface area (Å²) in [7, 11) is 2.00. The van der Waals surface area contributed by atoms with Gasteiger partial charge in [-0.2, -0.15) is 5.10 Å². The lowest BCUT2D eigenvalue weighted by Crippen LogP contribution is -2.26. The van der Waals surface area contributed by atoms with Crippen molar-refractivity contribution in [3.05, 3.63) is 12.2 Å². The van der Waals surface area contributed by atoms with Crippen molar-refractivity contribution in [2.24, 2.45) is 11.7 Å². The molecule has 3 N–H and O–H groups in total. The summed E-state index contributed by atoms with van der Waals surface area (Å²) in [5, 5.41) is 11.4. The molecule has 1 aromatic rings. The first-order valence-electron chi connectivity index (χ1n) is 5.87. The SMILES string of the molecule is CC(C)Cn1ncnc1CN(C)CCC(=N)N. The molecule has 6 nitrogen and oxygen atoms in total. The normalized spacial score (nSPS) is 11.4. The minimum Gasteiger partial charge on any atom is -0.388 e. The first-order valence-corrected chi connectivity index (χ1v) is 5.87. The van der Waals surface area contributed by atoms with E-state index >= 15 is 0 Å². The summed E-state index contributed by atoms with van der Waals surface area (Å²) in [6.45, 7) is 6.70. The third kappa shape index (κ3) is 4.95. The number of hydrogen-bond acceptors (Lipinski definition) is 4. The average Bonchev–Trinajstić information content (AvgIpc) is 2.62. The van der Waals surface area contributed by atoms with Gasteiger partial charge in [-0.25, -0.2) is 9.67 Å². The topological polar surface area (TPSA) is 83.8 Å². The molecule has 0 aromatic carbocycles. The highest BCUT2D eigenvalue weighted by molar-refractivity contribution is 5.76. The van der Waals surface area contributed by atoms with E-state index in [1.807, 2.05) is 11.7 Å². The zero-order chi connectivity index (χ0) is 12.8. The van der Waals surface area contributed by atoms with E-state index in [1.165, 1.54) is 0 Å². The first kappa shape index (κ1) is 13.6. The second kappa shape index (κ2) is 6.34. The molecule has 0 aliphatic carbocycles. The Labute approximate surface area is 102 Å². The standard InChI is InChI=1S/C11H22N6/c1-9(2)6-17-11(14-8-15-17)7-16(3)5-4-10(12)13/h8-9H,4-7H2,1-3H3,(H3,12,13). The fraction of sp³-hybridized carbons (Fsp3) is 0.727. The molecule has 0 spiro atoms. The van der Waals surface area contributed by atoms with Crippen LogP contribution >= 0.6 is 0 Å². The molecule has 1 aromatic heterocycles. The summed E-state index contributed by atoms with van der Waals surface area (Å²) in [6, 6.07) is 0. The van der Waals surface area contributed by atoms with Gasteiger partial charge in [-0.3, -0.25) is 10.3 Å². The van der Waals surface area contributed by atoms with Crippen LogP contribution in [0.1, 0.15) is 26.1 Å². The average molecular weight is 238 g/mol. The zero-order valence-electron chi connectivity index (χ0n) is 10.8. The molecule has 0 radical (unpaired) electrons. The van der Waals surface area contributed by atoms with Crippen molar-refractivity contribution in [1.29, 1.82) is 5.41 Å². The van der Waals surface area contributed by atoms with E-state index in [0.717, 1.165) is 25.5 Å². The van der Waals surface area contributed by atoms with Gasteiger partial charge in [-0.15, -0.1) is 0 Å². The van der Waals surface area contributed by atoms with Crippen LogP contribution in [0.25, 0.3) is 0 Å². The Balaban J connectivity index is 2.50. The summed E-state index contributed by atoms with van der Waals surface area (Å²) < 4.78 is 1.94. The van der Waals surface area contributed by atoms with E-state index < -0.39 is 0 Å². The first-order chi connectivity index (χ1) is 7.99. The number of aromatic nitrogens is 3. The molecule has 1 rings (SSSR count). The molecule has 0 bridgehead atoms. The van der Waals surface area contributed by atoms with Crippen molar-refractivity contribution >= 4 is 5.84 Å². The minimum absolute atomic E-state index is 0.223. The Morgan fingerprint density at radius 1 is 1.59 bits per heavy atom. The van der Waals surface area contributed by atoms with E-state index in [-0.39, 0.29) is 5.84 Å². The fourth-order valence-electron chi connectivity index (χ4n) is 1.54. The lowest BCUT2D eigenvalue weighted by molar-refractivity contribution is 0.314. The maximum absolute atomic E-state index is 7.19. The highest BCUT2D eigenvalue weighted by Crippen LogP contribution is 2.04. The van der Waals surface area contributed by atoms with Gasteiger partial charge in [-0.1, -0.05) is 13.8 Å². The molecule has 1 heterocycles. The second-order valence-electron chi connectivity index (χ2n) is 4.77. The number of hydrogen-bond donors (Lipinski definition) is 2. The van der Waals surface area contributed by atoms with E-state index in [2.05, 4.69) is 28.8 Å². The van der Waals surface area contributed by atoms with Crippen LogP contribution in [0.4, 0.5) is 0 Å². The molecule has 0 atom stereocenters. The van der Waals surface area contributed by atoms with E-state index in [0.29, 0.717) is 12.3 Å². The maximum atomic E-state index is 7.19. The summed E-state index contributed by atoms with van der Waals surface area (Å²) in [5.74, 6) is 1.74. The maximum Gasteiger partial charge on any atom is 0.141 e. The van der Waals surface area contributed by atoms with Gasteiger partial charge >= 0.3 is 0 Å². The zero-order valence-corrected chi connectivity index (χ0v) is 10.8. The number of nitrogens with two attached hydrogens (primary N) is 1. The van der Waals surface area contributed by atoms with E-state index in [4.69, 9.17) is 11.1 Å². The molecule has 0 amide bonds. The number of nitrogens with one attached hydrogen (secondary N) is 1. The Morgan fingerprint density at radius 3 is 2.88 bits per heavy atom. The predicted molar refractivity (Wildman–Crippen MR) is 67.7 cm³/mol. The molecule has 0 unspecified atom stereocenters. The molecule has 96 valence electrons. The van der Waals surface area contributed by atoms with Crippen molar-refractivity contribution in [2.75, 3.05) is 13.6 Å². The summed E-state index contributed by atoms with van der Waals surface area (Å²) in [4.78, 5) is 6.36. The van der Waals surface area contributed by atoms with Gasteiger partial charge in [0.25, 0.3) is 0 Å². The van der Waals surface area contributed by atoms with Crippen LogP contribution in [0, 0.1) is 11.3 Å². The predicted octanol–water partition coefficient (Wildman–Crippen LogP) is 0.692. The number of amidine groups is 1. The number of nitrogens with zero attached hydrogens (tertiary/aromatic N) is 4. The van der Waals surface area contributed by atoms with Gasteiger partial charge in [0.1, 0.15) is 12.2 Å². The minimum atomic E-state index is 0.223. The van der Waals surface area contributed by atoms with Crippen LogP contribution in [0.5, 0.6) is 0 Å². The van der Waals surface area contributed by atoms with Crippen LogP contribution in [-0.4, -0.2) is 39.1 Å². The molecular formula is C11H22N6. The molecule has 0 saturated heterocycles. The largest absolute Gasteiger partial charge is 0.388 e. The quantitative estimate of drug-likeness (QED) is 0.541. The summed E-state index contributed by atoms with van der Waals surface area (Å²) in [6.07, 6.45) is 2.19. The lowest BCUT2D eigenvalue weighted by Gasteiger charge is -2.16. The third-order valence-corrected chi connectivity index (χ3v) is 2.41. The van der Waals surface area contributed by atoms with E-state index in [1.54, 1.807) is 6.33 Å². The van der Waals surface area contributed by atoms with Crippen LogP contribution < -0.4 is 5.73 Å². The summed E-state index contributed by atoms with van der Waals surface area (Å²) >= 11 is 0. The van der Waals surface area contributed by atoms with Gasteiger partial charge < -0.3 is 5.73 Å². The molecular weight excluding hydrogens is 216 g/mol. The highest BCUT2D eigenvalue weighted by atomic mass is 15.3. The highest BCUT2D eigenvalue weighted by Gasteiger charge is 2.09. The van der Waals surface area contributed by atoms with Crippen LogP contribution in [-0.2, 0) is 13.1 Å². The lowest BCUT2D eigenvalue weighted by atomic mass is 10.2. The van der Waals surface area contributed by atoms with Gasteiger partial charge in [0.2, 0.25) is 0 Å². The smallest absolute Gasteiger partial charge is 0.141 e. The van der Waals surface area contributed by atoms with Crippen molar-refractivity contribution in [3.63, 3.8) is 0 Å². The van der Waals surface area contributed by atoms with Crippen LogP contribution in [0.3, 0.4) is 0 Å².